The summed E-state index contributed by atoms with van der Waals surface area (Å²) in [5, 5.41) is 14.2. The Morgan fingerprint density at radius 2 is 2.21 bits per heavy atom. The van der Waals surface area contributed by atoms with E-state index in [4.69, 9.17) is 0 Å². The van der Waals surface area contributed by atoms with E-state index in [1.807, 2.05) is 6.92 Å². The molecule has 0 radical (unpaired) electrons. The maximum Gasteiger partial charge on any atom is 0.311 e. The molecule has 0 amide bonds. The molecule has 2 rings (SSSR count). The highest BCUT2D eigenvalue weighted by atomic mass is 16.6. The highest BCUT2D eigenvalue weighted by Crippen LogP contribution is 2.23. The monoisotopic (exact) mass is 264 g/mol. The fraction of sp³-hybridized carbons (Fsp3) is 0.615. The summed E-state index contributed by atoms with van der Waals surface area (Å²) in [5.41, 5.74) is 0.845. The lowest BCUT2D eigenvalue weighted by atomic mass is 10.2. The zero-order valence-electron chi connectivity index (χ0n) is 11.4. The Morgan fingerprint density at radius 1 is 1.53 bits per heavy atom. The van der Waals surface area contributed by atoms with Crippen molar-refractivity contribution >= 4 is 11.5 Å². The largest absolute Gasteiger partial charge is 0.361 e. The highest BCUT2D eigenvalue weighted by Gasteiger charge is 2.19. The molecule has 1 aromatic rings. The van der Waals surface area contributed by atoms with Crippen LogP contribution in [0.15, 0.2) is 12.3 Å². The third-order valence-electron chi connectivity index (χ3n) is 3.31. The Balaban J connectivity index is 2.03. The topological polar surface area (TPSA) is 71.3 Å². The van der Waals surface area contributed by atoms with Crippen LogP contribution in [0, 0.1) is 17.0 Å². The minimum Gasteiger partial charge on any atom is -0.361 e. The van der Waals surface area contributed by atoms with Gasteiger partial charge in [-0.1, -0.05) is 0 Å². The highest BCUT2D eigenvalue weighted by molar-refractivity contribution is 5.57. The maximum absolute atomic E-state index is 11.0. The first-order chi connectivity index (χ1) is 9.06. The standard InChI is InChI=1S/C13H20N4O2/c1-10-7-12(17(18)19)13(14-8-10)15-11(2)9-16-5-3-4-6-16/h7-8,11H,3-6,9H2,1-2H3,(H,14,15). The minimum atomic E-state index is -0.384. The van der Waals surface area contributed by atoms with Gasteiger partial charge in [-0.25, -0.2) is 4.98 Å². The molecule has 1 aromatic heterocycles. The first-order valence-electron chi connectivity index (χ1n) is 6.66. The molecule has 0 bridgehead atoms. The summed E-state index contributed by atoms with van der Waals surface area (Å²) in [6.07, 6.45) is 4.14. The van der Waals surface area contributed by atoms with Gasteiger partial charge < -0.3 is 10.2 Å². The lowest BCUT2D eigenvalue weighted by molar-refractivity contribution is -0.384. The molecule has 6 nitrogen and oxygen atoms in total. The fourth-order valence-corrected chi connectivity index (χ4v) is 2.44. The molecule has 1 aliphatic heterocycles. The van der Waals surface area contributed by atoms with Gasteiger partial charge in [0.25, 0.3) is 0 Å². The summed E-state index contributed by atoms with van der Waals surface area (Å²) in [5.74, 6) is 0.363. The zero-order chi connectivity index (χ0) is 13.8. The summed E-state index contributed by atoms with van der Waals surface area (Å²) in [6.45, 7) is 6.97. The normalized spacial score (nSPS) is 17.4. The Morgan fingerprint density at radius 3 is 2.84 bits per heavy atom. The molecule has 1 aliphatic rings. The number of likely N-dealkylation sites (tertiary alicyclic amines) is 1. The van der Waals surface area contributed by atoms with Gasteiger partial charge in [-0.15, -0.1) is 0 Å². The third-order valence-corrected chi connectivity index (χ3v) is 3.31. The van der Waals surface area contributed by atoms with Gasteiger partial charge in [0.2, 0.25) is 5.82 Å². The number of rotatable bonds is 5. The second kappa shape index (κ2) is 5.97. The van der Waals surface area contributed by atoms with Crippen LogP contribution in [-0.2, 0) is 0 Å². The predicted octanol–water partition coefficient (Wildman–Crippen LogP) is 2.19. The minimum absolute atomic E-state index is 0.0493. The number of nitro groups is 1. The molecular formula is C13H20N4O2. The van der Waals surface area contributed by atoms with E-state index in [1.165, 1.54) is 12.8 Å². The molecule has 1 N–H and O–H groups in total. The zero-order valence-corrected chi connectivity index (χ0v) is 11.4. The second-order valence-corrected chi connectivity index (χ2v) is 5.19. The smallest absolute Gasteiger partial charge is 0.311 e. The number of hydrogen-bond donors (Lipinski definition) is 1. The number of pyridine rings is 1. The third kappa shape index (κ3) is 3.64. The van der Waals surface area contributed by atoms with Gasteiger partial charge in [-0.2, -0.15) is 0 Å². The number of nitrogens with one attached hydrogen (secondary N) is 1. The van der Waals surface area contributed by atoms with Crippen LogP contribution in [0.25, 0.3) is 0 Å². The molecule has 0 spiro atoms. The van der Waals surface area contributed by atoms with Crippen LogP contribution in [0.3, 0.4) is 0 Å². The first kappa shape index (κ1) is 13.7. The lowest BCUT2D eigenvalue weighted by Gasteiger charge is -2.21. The molecule has 1 unspecified atom stereocenters. The average Bonchev–Trinajstić information content (AvgIpc) is 2.83. The van der Waals surface area contributed by atoms with E-state index in [1.54, 1.807) is 19.2 Å². The van der Waals surface area contributed by atoms with Gasteiger partial charge in [0, 0.05) is 24.8 Å². The van der Waals surface area contributed by atoms with Crippen molar-refractivity contribution in [3.8, 4) is 0 Å². The van der Waals surface area contributed by atoms with E-state index in [-0.39, 0.29) is 16.7 Å². The number of aromatic nitrogens is 1. The number of aryl methyl sites for hydroxylation is 1. The number of hydrogen-bond acceptors (Lipinski definition) is 5. The van der Waals surface area contributed by atoms with E-state index < -0.39 is 0 Å². The van der Waals surface area contributed by atoms with Crippen molar-refractivity contribution in [2.45, 2.75) is 32.7 Å². The SMILES string of the molecule is Cc1cnc(NC(C)CN2CCCC2)c([N+](=O)[O-])c1. The van der Waals surface area contributed by atoms with Crippen molar-refractivity contribution in [1.82, 2.24) is 9.88 Å². The van der Waals surface area contributed by atoms with Crippen LogP contribution in [0.2, 0.25) is 0 Å². The molecule has 0 saturated carbocycles. The quantitative estimate of drug-likeness (QED) is 0.652. The second-order valence-electron chi connectivity index (χ2n) is 5.19. The van der Waals surface area contributed by atoms with Gasteiger partial charge >= 0.3 is 5.69 Å². The Bertz CT molecular complexity index is 458. The van der Waals surface area contributed by atoms with Gasteiger partial charge in [0.05, 0.1) is 4.92 Å². The number of anilines is 1. The van der Waals surface area contributed by atoms with Gasteiger partial charge in [0.1, 0.15) is 0 Å². The van der Waals surface area contributed by atoms with E-state index in [0.29, 0.717) is 5.82 Å². The van der Waals surface area contributed by atoms with Crippen LogP contribution < -0.4 is 5.32 Å². The van der Waals surface area contributed by atoms with E-state index in [9.17, 15) is 10.1 Å². The summed E-state index contributed by atoms with van der Waals surface area (Å²) in [7, 11) is 0. The average molecular weight is 264 g/mol. The molecule has 19 heavy (non-hydrogen) atoms. The van der Waals surface area contributed by atoms with Crippen molar-refractivity contribution in [1.29, 1.82) is 0 Å². The summed E-state index contributed by atoms with van der Waals surface area (Å²) in [4.78, 5) is 17.1. The van der Waals surface area contributed by atoms with Crippen LogP contribution >= 0.6 is 0 Å². The Kier molecular flexibility index (Phi) is 4.31. The number of nitrogens with zero attached hydrogens (tertiary/aromatic N) is 3. The van der Waals surface area contributed by atoms with E-state index in [2.05, 4.69) is 15.2 Å². The van der Waals surface area contributed by atoms with Crippen LogP contribution in [-0.4, -0.2) is 40.5 Å². The molecular weight excluding hydrogens is 244 g/mol. The van der Waals surface area contributed by atoms with Gasteiger partial charge in [-0.3, -0.25) is 10.1 Å². The predicted molar refractivity (Wildman–Crippen MR) is 74.4 cm³/mol. The molecule has 1 saturated heterocycles. The van der Waals surface area contributed by atoms with E-state index >= 15 is 0 Å². The maximum atomic E-state index is 11.0. The summed E-state index contributed by atoms with van der Waals surface area (Å²) >= 11 is 0. The van der Waals surface area contributed by atoms with Crippen LogP contribution in [0.5, 0.6) is 0 Å². The van der Waals surface area contributed by atoms with Crippen molar-refractivity contribution in [2.75, 3.05) is 25.0 Å². The van der Waals surface area contributed by atoms with Crippen molar-refractivity contribution in [3.63, 3.8) is 0 Å². The Labute approximate surface area is 113 Å². The lowest BCUT2D eigenvalue weighted by Crippen LogP contribution is -2.33. The van der Waals surface area contributed by atoms with Gasteiger partial charge in [-0.05, 0) is 45.3 Å². The van der Waals surface area contributed by atoms with Crippen molar-refractivity contribution < 1.29 is 4.92 Å². The molecule has 1 atom stereocenters. The summed E-state index contributed by atoms with van der Waals surface area (Å²) in [6, 6.07) is 1.70. The Hall–Kier alpha value is -1.69. The van der Waals surface area contributed by atoms with Crippen LogP contribution in [0.4, 0.5) is 11.5 Å². The molecule has 0 aliphatic carbocycles. The summed E-state index contributed by atoms with van der Waals surface area (Å²) < 4.78 is 0. The van der Waals surface area contributed by atoms with E-state index in [0.717, 1.165) is 25.2 Å². The molecule has 2 heterocycles. The van der Waals surface area contributed by atoms with Crippen molar-refractivity contribution in [2.24, 2.45) is 0 Å². The molecule has 104 valence electrons. The first-order valence-corrected chi connectivity index (χ1v) is 6.66. The van der Waals surface area contributed by atoms with Crippen molar-refractivity contribution in [3.05, 3.63) is 27.9 Å². The molecule has 6 heteroatoms. The molecule has 1 fully saturated rings. The molecule has 0 aromatic carbocycles. The fourth-order valence-electron chi connectivity index (χ4n) is 2.44. The van der Waals surface area contributed by atoms with Crippen LogP contribution in [0.1, 0.15) is 25.3 Å². The van der Waals surface area contributed by atoms with Gasteiger partial charge in [0.15, 0.2) is 0 Å².